The molecule has 2 N–H and O–H groups in total. The molecule has 2 aromatic rings. The number of carbonyl (C=O) groups is 2. The number of aromatic nitrogens is 1. The summed E-state index contributed by atoms with van der Waals surface area (Å²) in [5, 5.41) is 11.2. The van der Waals surface area contributed by atoms with Crippen molar-refractivity contribution >= 4 is 29.3 Å². The van der Waals surface area contributed by atoms with Crippen molar-refractivity contribution in [1.29, 1.82) is 0 Å². The SMILES string of the molecule is O=C(O)c1ccc(NC(=O)c2cc(F)ccc2Cl)nc1. The summed E-state index contributed by atoms with van der Waals surface area (Å²) in [4.78, 5) is 26.3. The Labute approximate surface area is 118 Å². The summed E-state index contributed by atoms with van der Waals surface area (Å²) in [5.74, 6) is -2.21. The Hall–Kier alpha value is -2.47. The number of hydrogen-bond donors (Lipinski definition) is 2. The molecule has 0 unspecified atom stereocenters. The molecule has 1 heterocycles. The van der Waals surface area contributed by atoms with Gasteiger partial charge in [-0.1, -0.05) is 11.6 Å². The van der Waals surface area contributed by atoms with E-state index in [2.05, 4.69) is 10.3 Å². The highest BCUT2D eigenvalue weighted by Crippen LogP contribution is 2.18. The molecule has 0 aliphatic heterocycles. The fourth-order valence-corrected chi connectivity index (χ4v) is 1.65. The molecule has 0 fully saturated rings. The van der Waals surface area contributed by atoms with Crippen LogP contribution in [-0.2, 0) is 0 Å². The van der Waals surface area contributed by atoms with Gasteiger partial charge in [0.25, 0.3) is 5.91 Å². The van der Waals surface area contributed by atoms with E-state index in [0.29, 0.717) is 0 Å². The molecule has 20 heavy (non-hydrogen) atoms. The predicted molar refractivity (Wildman–Crippen MR) is 70.6 cm³/mol. The quantitative estimate of drug-likeness (QED) is 0.912. The van der Waals surface area contributed by atoms with Gasteiger partial charge in [0.2, 0.25) is 0 Å². The number of pyridine rings is 1. The van der Waals surface area contributed by atoms with Gasteiger partial charge in [0.05, 0.1) is 16.1 Å². The van der Waals surface area contributed by atoms with Crippen LogP contribution in [0.2, 0.25) is 5.02 Å². The first kappa shape index (κ1) is 14.0. The van der Waals surface area contributed by atoms with Gasteiger partial charge >= 0.3 is 5.97 Å². The zero-order valence-electron chi connectivity index (χ0n) is 9.93. The van der Waals surface area contributed by atoms with Crippen LogP contribution in [0.25, 0.3) is 0 Å². The Morgan fingerprint density at radius 1 is 1.25 bits per heavy atom. The van der Waals surface area contributed by atoms with E-state index in [0.717, 1.165) is 18.3 Å². The summed E-state index contributed by atoms with van der Waals surface area (Å²) >= 11 is 5.80. The van der Waals surface area contributed by atoms with Gasteiger partial charge in [-0.25, -0.2) is 14.2 Å². The van der Waals surface area contributed by atoms with Crippen molar-refractivity contribution in [3.8, 4) is 0 Å². The summed E-state index contributed by atoms with van der Waals surface area (Å²) in [6.45, 7) is 0. The normalized spacial score (nSPS) is 10.1. The van der Waals surface area contributed by atoms with E-state index in [-0.39, 0.29) is 22.0 Å². The highest BCUT2D eigenvalue weighted by atomic mass is 35.5. The number of nitrogens with one attached hydrogen (secondary N) is 1. The number of carbonyl (C=O) groups excluding carboxylic acids is 1. The van der Waals surface area contributed by atoms with Gasteiger partial charge in [0.1, 0.15) is 11.6 Å². The third-order valence-electron chi connectivity index (χ3n) is 2.43. The summed E-state index contributed by atoms with van der Waals surface area (Å²) < 4.78 is 13.1. The van der Waals surface area contributed by atoms with Gasteiger partial charge in [-0.05, 0) is 30.3 Å². The van der Waals surface area contributed by atoms with Crippen LogP contribution in [0.4, 0.5) is 10.2 Å². The van der Waals surface area contributed by atoms with Crippen LogP contribution in [0.3, 0.4) is 0 Å². The maximum atomic E-state index is 13.1. The molecule has 0 aliphatic carbocycles. The molecule has 0 saturated heterocycles. The molecule has 2 rings (SSSR count). The molecule has 1 aromatic carbocycles. The standard InChI is InChI=1S/C13H8ClFN2O3/c14-10-3-2-8(15)5-9(10)12(18)17-11-4-1-7(6-16-11)13(19)20/h1-6H,(H,19,20)(H,16,17,18). The summed E-state index contributed by atoms with van der Waals surface area (Å²) in [6, 6.07) is 6.03. The van der Waals surface area contributed by atoms with Crippen molar-refractivity contribution in [3.63, 3.8) is 0 Å². The predicted octanol–water partition coefficient (Wildman–Crippen LogP) is 2.82. The highest BCUT2D eigenvalue weighted by Gasteiger charge is 2.12. The number of carboxylic acid groups (broad SMARTS) is 1. The Bertz CT molecular complexity index is 674. The molecular formula is C13H8ClFN2O3. The van der Waals surface area contributed by atoms with Crippen LogP contribution >= 0.6 is 11.6 Å². The highest BCUT2D eigenvalue weighted by molar-refractivity contribution is 6.34. The van der Waals surface area contributed by atoms with Crippen LogP contribution < -0.4 is 5.32 Å². The minimum absolute atomic E-state index is 0.00760. The fourth-order valence-electron chi connectivity index (χ4n) is 1.45. The minimum atomic E-state index is -1.12. The average molecular weight is 295 g/mol. The first-order chi connectivity index (χ1) is 9.47. The molecule has 0 atom stereocenters. The molecular weight excluding hydrogens is 287 g/mol. The van der Waals surface area contributed by atoms with Gasteiger partial charge in [0, 0.05) is 6.20 Å². The van der Waals surface area contributed by atoms with E-state index in [1.807, 2.05) is 0 Å². The maximum absolute atomic E-state index is 13.1. The molecule has 1 aromatic heterocycles. The lowest BCUT2D eigenvalue weighted by Gasteiger charge is -2.06. The van der Waals surface area contributed by atoms with Gasteiger partial charge in [-0.2, -0.15) is 0 Å². The Balaban J connectivity index is 2.19. The number of aromatic carboxylic acids is 1. The topological polar surface area (TPSA) is 79.3 Å². The second kappa shape index (κ2) is 5.66. The Kier molecular flexibility index (Phi) is 3.95. The summed E-state index contributed by atoms with van der Waals surface area (Å²) in [7, 11) is 0. The molecule has 5 nitrogen and oxygen atoms in total. The van der Waals surface area contributed by atoms with Crippen molar-refractivity contribution in [2.75, 3.05) is 5.32 Å². The lowest BCUT2D eigenvalue weighted by atomic mass is 10.2. The van der Waals surface area contributed by atoms with Gasteiger partial charge < -0.3 is 10.4 Å². The zero-order chi connectivity index (χ0) is 14.7. The fraction of sp³-hybridized carbons (Fsp3) is 0. The number of halogens is 2. The lowest BCUT2D eigenvalue weighted by Crippen LogP contribution is -2.14. The van der Waals surface area contributed by atoms with Crippen molar-refractivity contribution in [2.24, 2.45) is 0 Å². The van der Waals surface area contributed by atoms with Crippen molar-refractivity contribution in [3.05, 3.63) is 58.5 Å². The number of hydrogen-bond acceptors (Lipinski definition) is 3. The van der Waals surface area contributed by atoms with E-state index in [1.54, 1.807) is 0 Å². The maximum Gasteiger partial charge on any atom is 0.337 e. The Morgan fingerprint density at radius 2 is 2.00 bits per heavy atom. The first-order valence-electron chi connectivity index (χ1n) is 5.43. The van der Waals surface area contributed by atoms with E-state index in [1.165, 1.54) is 18.2 Å². The van der Waals surface area contributed by atoms with Gasteiger partial charge in [-0.3, -0.25) is 4.79 Å². The third-order valence-corrected chi connectivity index (χ3v) is 2.75. The lowest BCUT2D eigenvalue weighted by molar-refractivity contribution is 0.0696. The minimum Gasteiger partial charge on any atom is -0.478 e. The molecule has 102 valence electrons. The van der Waals surface area contributed by atoms with E-state index < -0.39 is 17.7 Å². The van der Waals surface area contributed by atoms with Crippen LogP contribution in [-0.4, -0.2) is 22.0 Å². The molecule has 0 bridgehead atoms. The van der Waals surface area contributed by atoms with Gasteiger partial charge in [0.15, 0.2) is 0 Å². The third kappa shape index (κ3) is 3.10. The largest absolute Gasteiger partial charge is 0.478 e. The van der Waals surface area contributed by atoms with E-state index in [9.17, 15) is 14.0 Å². The molecule has 1 amide bonds. The van der Waals surface area contributed by atoms with Crippen LogP contribution in [0.5, 0.6) is 0 Å². The van der Waals surface area contributed by atoms with Crippen LogP contribution in [0.15, 0.2) is 36.5 Å². The van der Waals surface area contributed by atoms with Crippen molar-refractivity contribution in [2.45, 2.75) is 0 Å². The zero-order valence-corrected chi connectivity index (χ0v) is 10.7. The Morgan fingerprint density at radius 3 is 2.60 bits per heavy atom. The van der Waals surface area contributed by atoms with Crippen molar-refractivity contribution < 1.29 is 19.1 Å². The number of carboxylic acids is 1. The average Bonchev–Trinajstić information content (AvgIpc) is 2.42. The van der Waals surface area contributed by atoms with Crippen LogP contribution in [0.1, 0.15) is 20.7 Å². The molecule has 0 aliphatic rings. The van der Waals surface area contributed by atoms with Gasteiger partial charge in [-0.15, -0.1) is 0 Å². The second-order valence-corrected chi connectivity index (χ2v) is 4.22. The molecule has 0 spiro atoms. The number of nitrogens with zero attached hydrogens (tertiary/aromatic N) is 1. The summed E-state index contributed by atoms with van der Waals surface area (Å²) in [5.41, 5.74) is -0.0393. The number of amides is 1. The molecule has 0 saturated carbocycles. The van der Waals surface area contributed by atoms with E-state index in [4.69, 9.17) is 16.7 Å². The number of benzene rings is 1. The number of rotatable bonds is 3. The first-order valence-corrected chi connectivity index (χ1v) is 5.81. The van der Waals surface area contributed by atoms with Crippen molar-refractivity contribution in [1.82, 2.24) is 4.98 Å². The van der Waals surface area contributed by atoms with E-state index >= 15 is 0 Å². The van der Waals surface area contributed by atoms with Crippen LogP contribution in [0, 0.1) is 5.82 Å². The second-order valence-electron chi connectivity index (χ2n) is 3.82. The molecule has 0 radical (unpaired) electrons. The molecule has 7 heteroatoms. The summed E-state index contributed by atoms with van der Waals surface area (Å²) in [6.07, 6.45) is 1.10. The smallest absolute Gasteiger partial charge is 0.337 e. The number of anilines is 1. The monoisotopic (exact) mass is 294 g/mol.